The molecule has 0 aromatic carbocycles. The molecule has 1 atom stereocenters. The second-order valence-electron chi connectivity index (χ2n) is 5.00. The van der Waals surface area contributed by atoms with Crippen LogP contribution in [0.1, 0.15) is 31.2 Å². The fraction of sp³-hybridized carbons (Fsp3) is 0.571. The van der Waals surface area contributed by atoms with E-state index in [9.17, 15) is 18.0 Å². The van der Waals surface area contributed by atoms with Gasteiger partial charge in [-0.15, -0.1) is 0 Å². The molecule has 0 radical (unpaired) electrons. The minimum atomic E-state index is -4.46. The number of pyridine rings is 1. The Kier molecular flexibility index (Phi) is 4.69. The van der Waals surface area contributed by atoms with Gasteiger partial charge in [-0.3, -0.25) is 4.79 Å². The van der Waals surface area contributed by atoms with E-state index in [4.69, 9.17) is 0 Å². The maximum absolute atomic E-state index is 13.1. The summed E-state index contributed by atoms with van der Waals surface area (Å²) in [6, 6.07) is 1.99. The number of rotatable bonds is 3. The van der Waals surface area contributed by atoms with Crippen LogP contribution in [0.2, 0.25) is 0 Å². The lowest BCUT2D eigenvalue weighted by Crippen LogP contribution is -2.42. The van der Waals surface area contributed by atoms with Crippen molar-refractivity contribution in [2.45, 2.75) is 37.9 Å². The predicted octanol–water partition coefficient (Wildman–Crippen LogP) is 3.02. The molecule has 2 rings (SSSR count). The molecule has 0 aliphatic carbocycles. The molecule has 1 fully saturated rings. The highest BCUT2D eigenvalue weighted by molar-refractivity contribution is 5.71. The number of nitrogens with zero attached hydrogens (tertiary/aromatic N) is 2. The number of esters is 1. The van der Waals surface area contributed by atoms with E-state index in [-0.39, 0.29) is 18.3 Å². The number of hydrogen-bond donors (Lipinski definition) is 0. The van der Waals surface area contributed by atoms with Crippen LogP contribution < -0.4 is 4.90 Å². The van der Waals surface area contributed by atoms with Crippen molar-refractivity contribution >= 4 is 11.8 Å². The number of aromatic nitrogens is 1. The molecule has 1 aliphatic rings. The Morgan fingerprint density at radius 1 is 1.48 bits per heavy atom. The third-order valence-corrected chi connectivity index (χ3v) is 3.62. The summed E-state index contributed by atoms with van der Waals surface area (Å²) in [6.07, 6.45) is -0.726. The van der Waals surface area contributed by atoms with Gasteiger partial charge in [-0.1, -0.05) is 0 Å². The van der Waals surface area contributed by atoms with Crippen LogP contribution >= 0.6 is 0 Å². The van der Waals surface area contributed by atoms with Gasteiger partial charge < -0.3 is 9.64 Å². The van der Waals surface area contributed by atoms with E-state index in [1.165, 1.54) is 19.4 Å². The summed E-state index contributed by atoms with van der Waals surface area (Å²) in [6.45, 7) is 0.460. The molecule has 1 aliphatic heterocycles. The third kappa shape index (κ3) is 3.65. The van der Waals surface area contributed by atoms with Gasteiger partial charge in [-0.25, -0.2) is 4.98 Å². The van der Waals surface area contributed by atoms with Crippen molar-refractivity contribution in [3.05, 3.63) is 23.9 Å². The number of ether oxygens (including phenoxy) is 1. The molecule has 2 heterocycles. The molecule has 116 valence electrons. The van der Waals surface area contributed by atoms with Crippen molar-refractivity contribution in [1.29, 1.82) is 0 Å². The second kappa shape index (κ2) is 6.32. The number of hydrogen-bond acceptors (Lipinski definition) is 4. The molecule has 0 saturated carbocycles. The van der Waals surface area contributed by atoms with E-state index in [0.717, 1.165) is 18.9 Å². The zero-order valence-electron chi connectivity index (χ0n) is 11.7. The quantitative estimate of drug-likeness (QED) is 0.805. The lowest BCUT2D eigenvalue weighted by atomic mass is 9.98. The molecule has 0 spiro atoms. The average molecular weight is 302 g/mol. The molecule has 1 aromatic heterocycles. The highest BCUT2D eigenvalue weighted by atomic mass is 19.4. The molecule has 21 heavy (non-hydrogen) atoms. The predicted molar refractivity (Wildman–Crippen MR) is 70.9 cm³/mol. The van der Waals surface area contributed by atoms with Crippen molar-refractivity contribution in [2.75, 3.05) is 18.6 Å². The summed E-state index contributed by atoms with van der Waals surface area (Å²) in [5, 5.41) is 0. The molecule has 4 nitrogen and oxygen atoms in total. The van der Waals surface area contributed by atoms with Gasteiger partial charge >= 0.3 is 12.1 Å². The SMILES string of the molecule is COC(=O)CC1CCCCN1c1ncccc1C(F)(F)F. The van der Waals surface area contributed by atoms with Crippen LogP contribution in [0.5, 0.6) is 0 Å². The Morgan fingerprint density at radius 2 is 2.24 bits per heavy atom. The molecule has 1 unspecified atom stereocenters. The highest BCUT2D eigenvalue weighted by Crippen LogP contribution is 2.37. The summed E-state index contributed by atoms with van der Waals surface area (Å²) < 4.78 is 43.9. The molecular formula is C14H17F3N2O2. The van der Waals surface area contributed by atoms with E-state index >= 15 is 0 Å². The third-order valence-electron chi connectivity index (χ3n) is 3.62. The molecule has 0 amide bonds. The van der Waals surface area contributed by atoms with Crippen molar-refractivity contribution < 1.29 is 22.7 Å². The zero-order chi connectivity index (χ0) is 15.5. The fourth-order valence-corrected chi connectivity index (χ4v) is 2.61. The molecule has 7 heteroatoms. The first-order valence-corrected chi connectivity index (χ1v) is 6.79. The standard InChI is InChI=1S/C14H17F3N2O2/c1-21-12(20)9-10-5-2-3-8-19(10)13-11(14(15,16)17)6-4-7-18-13/h4,6-7,10H,2-3,5,8-9H2,1H3. The molecule has 1 aromatic rings. The lowest BCUT2D eigenvalue weighted by molar-refractivity contribution is -0.141. The van der Waals surface area contributed by atoms with E-state index in [1.54, 1.807) is 4.90 Å². The van der Waals surface area contributed by atoms with Crippen molar-refractivity contribution in [3.8, 4) is 0 Å². The topological polar surface area (TPSA) is 42.4 Å². The maximum Gasteiger partial charge on any atom is 0.419 e. The van der Waals surface area contributed by atoms with E-state index in [0.29, 0.717) is 13.0 Å². The largest absolute Gasteiger partial charge is 0.469 e. The zero-order valence-corrected chi connectivity index (χ0v) is 11.7. The number of anilines is 1. The highest BCUT2D eigenvalue weighted by Gasteiger charge is 2.37. The smallest absolute Gasteiger partial charge is 0.419 e. The van der Waals surface area contributed by atoms with Crippen LogP contribution in [0.4, 0.5) is 19.0 Å². The minimum absolute atomic E-state index is 0.0738. The van der Waals surface area contributed by atoms with Crippen molar-refractivity contribution in [3.63, 3.8) is 0 Å². The van der Waals surface area contributed by atoms with Crippen LogP contribution in [0.3, 0.4) is 0 Å². The van der Waals surface area contributed by atoms with E-state index in [2.05, 4.69) is 9.72 Å². The number of piperidine rings is 1. The molecular weight excluding hydrogens is 285 g/mol. The minimum Gasteiger partial charge on any atom is -0.469 e. The first-order valence-electron chi connectivity index (χ1n) is 6.79. The second-order valence-corrected chi connectivity index (χ2v) is 5.00. The summed E-state index contributed by atoms with van der Waals surface area (Å²) in [7, 11) is 1.28. The van der Waals surface area contributed by atoms with Crippen molar-refractivity contribution in [1.82, 2.24) is 4.98 Å². The first-order chi connectivity index (χ1) is 9.93. The Bertz CT molecular complexity index is 505. The van der Waals surface area contributed by atoms with Gasteiger partial charge in [0.15, 0.2) is 0 Å². The Morgan fingerprint density at radius 3 is 2.90 bits per heavy atom. The Labute approximate surface area is 120 Å². The lowest BCUT2D eigenvalue weighted by Gasteiger charge is -2.37. The maximum atomic E-state index is 13.1. The van der Waals surface area contributed by atoms with Gasteiger partial charge in [0.25, 0.3) is 0 Å². The van der Waals surface area contributed by atoms with Crippen LogP contribution in [0.25, 0.3) is 0 Å². The summed E-state index contributed by atoms with van der Waals surface area (Å²) >= 11 is 0. The number of halogens is 3. The van der Waals surface area contributed by atoms with Gasteiger partial charge in [0.2, 0.25) is 0 Å². The Hall–Kier alpha value is -1.79. The van der Waals surface area contributed by atoms with Gasteiger partial charge in [0.05, 0.1) is 19.1 Å². The molecule has 1 saturated heterocycles. The average Bonchev–Trinajstić information content (AvgIpc) is 2.47. The molecule has 0 N–H and O–H groups in total. The number of methoxy groups -OCH3 is 1. The number of carbonyl (C=O) groups is 1. The number of alkyl halides is 3. The fourth-order valence-electron chi connectivity index (χ4n) is 2.61. The van der Waals surface area contributed by atoms with Gasteiger partial charge in [-0.2, -0.15) is 13.2 Å². The summed E-state index contributed by atoms with van der Waals surface area (Å²) in [4.78, 5) is 16.9. The van der Waals surface area contributed by atoms with Crippen LogP contribution in [0.15, 0.2) is 18.3 Å². The first kappa shape index (κ1) is 15.6. The van der Waals surface area contributed by atoms with Gasteiger partial charge in [0.1, 0.15) is 5.82 Å². The van der Waals surface area contributed by atoms with Gasteiger partial charge in [0, 0.05) is 18.8 Å². The monoisotopic (exact) mass is 302 g/mol. The summed E-state index contributed by atoms with van der Waals surface area (Å²) in [5.74, 6) is -0.519. The van der Waals surface area contributed by atoms with Crippen LogP contribution in [-0.2, 0) is 15.7 Å². The van der Waals surface area contributed by atoms with Crippen LogP contribution in [0, 0.1) is 0 Å². The van der Waals surface area contributed by atoms with E-state index in [1.807, 2.05) is 0 Å². The van der Waals surface area contributed by atoms with Crippen LogP contribution in [-0.4, -0.2) is 30.6 Å². The summed E-state index contributed by atoms with van der Waals surface area (Å²) in [5.41, 5.74) is -0.762. The van der Waals surface area contributed by atoms with Gasteiger partial charge in [-0.05, 0) is 31.4 Å². The van der Waals surface area contributed by atoms with Crippen molar-refractivity contribution in [2.24, 2.45) is 0 Å². The number of carbonyl (C=O) groups excluding carboxylic acids is 1. The normalized spacial score (nSPS) is 19.4. The molecule has 0 bridgehead atoms. The van der Waals surface area contributed by atoms with E-state index < -0.39 is 17.7 Å². The Balaban J connectivity index is 2.31.